The van der Waals surface area contributed by atoms with Gasteiger partial charge in [-0.25, -0.2) is 9.48 Å². The number of fused-ring (bicyclic) bond motifs is 1. The van der Waals surface area contributed by atoms with E-state index in [-0.39, 0.29) is 12.2 Å². The second kappa shape index (κ2) is 5.99. The Labute approximate surface area is 136 Å². The molecule has 2 aromatic heterocycles. The number of halogens is 2. The second-order valence-electron chi connectivity index (χ2n) is 5.31. The summed E-state index contributed by atoms with van der Waals surface area (Å²) >= 11 is 0. The third-order valence-corrected chi connectivity index (χ3v) is 3.56. The Morgan fingerprint density at radius 3 is 2.71 bits per heavy atom. The number of alkyl halides is 2. The van der Waals surface area contributed by atoms with Crippen molar-refractivity contribution < 1.29 is 18.3 Å². The van der Waals surface area contributed by atoms with Gasteiger partial charge in [0, 0.05) is 23.9 Å². The third-order valence-electron chi connectivity index (χ3n) is 3.56. The Kier molecular flexibility index (Phi) is 4.01. The first-order valence-electron chi connectivity index (χ1n) is 7.40. The van der Waals surface area contributed by atoms with E-state index in [4.69, 9.17) is 4.74 Å². The number of rotatable bonds is 4. The van der Waals surface area contributed by atoms with Crippen LogP contribution in [0.15, 0.2) is 42.9 Å². The zero-order valence-electron chi connectivity index (χ0n) is 13.2. The monoisotopic (exact) mass is 331 g/mol. The lowest BCUT2D eigenvalue weighted by Gasteiger charge is -2.16. The molecule has 0 saturated carbocycles. The number of carbonyl (C=O) groups excluding carboxylic acids is 1. The van der Waals surface area contributed by atoms with E-state index in [9.17, 15) is 13.6 Å². The number of ether oxygens (including phenoxy) is 1. The smallest absolute Gasteiger partial charge is 0.341 e. The summed E-state index contributed by atoms with van der Waals surface area (Å²) in [5.41, 5.74) is -0.392. The van der Waals surface area contributed by atoms with Crippen LogP contribution in [0.2, 0.25) is 0 Å². The number of nitrogens with zero attached hydrogens (tertiary/aromatic N) is 3. The lowest BCUT2D eigenvalue weighted by molar-refractivity contribution is 0.00756. The van der Waals surface area contributed by atoms with Crippen LogP contribution < -0.4 is 0 Å². The minimum Gasteiger partial charge on any atom is -0.462 e. The normalized spacial score (nSPS) is 11.7. The maximum Gasteiger partial charge on any atom is 0.341 e. The van der Waals surface area contributed by atoms with Crippen molar-refractivity contribution in [2.24, 2.45) is 0 Å². The highest BCUT2D eigenvalue weighted by Crippen LogP contribution is 2.33. The van der Waals surface area contributed by atoms with Crippen molar-refractivity contribution in [3.05, 3.63) is 54.1 Å². The summed E-state index contributed by atoms with van der Waals surface area (Å²) in [7, 11) is 0. The van der Waals surface area contributed by atoms with Crippen LogP contribution in [0.3, 0.4) is 0 Å². The molecular weight excluding hydrogens is 316 g/mol. The summed E-state index contributed by atoms with van der Waals surface area (Å²) in [4.78, 5) is 16.1. The van der Waals surface area contributed by atoms with Gasteiger partial charge in [0.2, 0.25) is 0 Å². The first-order chi connectivity index (χ1) is 11.4. The summed E-state index contributed by atoms with van der Waals surface area (Å²) in [6.45, 7) is 2.43. The quantitative estimate of drug-likeness (QED) is 0.684. The molecule has 24 heavy (non-hydrogen) atoms. The maximum absolute atomic E-state index is 14.2. The molecule has 3 aromatic rings. The predicted octanol–water partition coefficient (Wildman–Crippen LogP) is 3.71. The molecule has 0 bridgehead atoms. The molecule has 1 aromatic carbocycles. The largest absolute Gasteiger partial charge is 0.462 e. The van der Waals surface area contributed by atoms with Crippen molar-refractivity contribution in [2.75, 3.05) is 6.61 Å². The number of pyridine rings is 1. The standard InChI is InChI=1S/C17H15F2N3O2/c1-3-24-16(23)13-9-21-22(15(13)17(2,18)19)14-10-20-8-11-6-4-5-7-12(11)14/h4-10H,3H2,1-2H3. The van der Waals surface area contributed by atoms with Crippen LogP contribution in [0.5, 0.6) is 0 Å². The van der Waals surface area contributed by atoms with Crippen LogP contribution in [0.25, 0.3) is 16.5 Å². The predicted molar refractivity (Wildman–Crippen MR) is 84.4 cm³/mol. The van der Waals surface area contributed by atoms with Gasteiger partial charge in [0.1, 0.15) is 11.3 Å². The van der Waals surface area contributed by atoms with E-state index in [2.05, 4.69) is 10.1 Å². The van der Waals surface area contributed by atoms with Gasteiger partial charge in [0.15, 0.2) is 0 Å². The van der Waals surface area contributed by atoms with Gasteiger partial charge in [-0.3, -0.25) is 4.98 Å². The van der Waals surface area contributed by atoms with Gasteiger partial charge in [-0.1, -0.05) is 24.3 Å². The molecule has 0 unspecified atom stereocenters. The van der Waals surface area contributed by atoms with Crippen LogP contribution in [-0.2, 0) is 10.7 Å². The Bertz CT molecular complexity index is 895. The molecule has 7 heteroatoms. The SMILES string of the molecule is CCOC(=O)c1cnn(-c2cncc3ccccc23)c1C(C)(F)F. The summed E-state index contributed by atoms with van der Waals surface area (Å²) in [6, 6.07) is 7.24. The van der Waals surface area contributed by atoms with Gasteiger partial charge < -0.3 is 4.74 Å². The van der Waals surface area contributed by atoms with Crippen molar-refractivity contribution in [1.29, 1.82) is 0 Å². The van der Waals surface area contributed by atoms with E-state index in [1.54, 1.807) is 25.3 Å². The van der Waals surface area contributed by atoms with Gasteiger partial charge in [0.25, 0.3) is 5.92 Å². The summed E-state index contributed by atoms with van der Waals surface area (Å²) < 4.78 is 34.3. The molecule has 0 atom stereocenters. The van der Waals surface area contributed by atoms with E-state index >= 15 is 0 Å². The zero-order valence-corrected chi connectivity index (χ0v) is 13.2. The molecule has 0 aliphatic heterocycles. The van der Waals surface area contributed by atoms with E-state index in [1.807, 2.05) is 12.1 Å². The van der Waals surface area contributed by atoms with Gasteiger partial charge in [-0.15, -0.1) is 0 Å². The molecule has 0 aliphatic rings. The number of aromatic nitrogens is 3. The van der Waals surface area contributed by atoms with Crippen molar-refractivity contribution >= 4 is 16.7 Å². The number of hydrogen-bond donors (Lipinski definition) is 0. The molecule has 124 valence electrons. The highest BCUT2D eigenvalue weighted by atomic mass is 19.3. The van der Waals surface area contributed by atoms with Crippen molar-refractivity contribution in [3.63, 3.8) is 0 Å². The second-order valence-corrected chi connectivity index (χ2v) is 5.31. The van der Waals surface area contributed by atoms with Gasteiger partial charge in [-0.2, -0.15) is 13.9 Å². The fraction of sp³-hybridized carbons (Fsp3) is 0.235. The number of esters is 1. The Balaban J connectivity index is 2.26. The van der Waals surface area contributed by atoms with Crippen molar-refractivity contribution in [1.82, 2.24) is 14.8 Å². The van der Waals surface area contributed by atoms with Gasteiger partial charge in [-0.05, 0) is 6.92 Å². The topological polar surface area (TPSA) is 57.0 Å². The fourth-order valence-electron chi connectivity index (χ4n) is 2.58. The summed E-state index contributed by atoms with van der Waals surface area (Å²) in [5.74, 6) is -4.11. The van der Waals surface area contributed by atoms with Crippen LogP contribution >= 0.6 is 0 Å². The van der Waals surface area contributed by atoms with Crippen LogP contribution in [-0.4, -0.2) is 27.3 Å². The average molecular weight is 331 g/mol. The zero-order chi connectivity index (χ0) is 17.3. The van der Waals surface area contributed by atoms with E-state index < -0.39 is 17.6 Å². The van der Waals surface area contributed by atoms with Crippen LogP contribution in [0.4, 0.5) is 8.78 Å². The molecule has 0 N–H and O–H groups in total. The molecule has 0 radical (unpaired) electrons. The summed E-state index contributed by atoms with van der Waals surface area (Å²) in [5, 5.41) is 5.49. The summed E-state index contributed by atoms with van der Waals surface area (Å²) in [6.07, 6.45) is 4.18. The Morgan fingerprint density at radius 1 is 1.25 bits per heavy atom. The molecule has 0 amide bonds. The highest BCUT2D eigenvalue weighted by Gasteiger charge is 2.36. The molecule has 3 rings (SSSR count). The number of hydrogen-bond acceptors (Lipinski definition) is 4. The minimum absolute atomic E-state index is 0.0918. The Hall–Kier alpha value is -2.83. The lowest BCUT2D eigenvalue weighted by atomic mass is 10.1. The average Bonchev–Trinajstić information content (AvgIpc) is 3.00. The maximum atomic E-state index is 14.2. The van der Waals surface area contributed by atoms with Crippen molar-refractivity contribution in [2.45, 2.75) is 19.8 Å². The fourth-order valence-corrected chi connectivity index (χ4v) is 2.58. The minimum atomic E-state index is -3.28. The van der Waals surface area contributed by atoms with E-state index in [0.717, 1.165) is 23.2 Å². The number of benzene rings is 1. The molecule has 2 heterocycles. The third kappa shape index (κ3) is 2.73. The van der Waals surface area contributed by atoms with E-state index in [0.29, 0.717) is 11.1 Å². The van der Waals surface area contributed by atoms with E-state index in [1.165, 1.54) is 6.20 Å². The molecule has 0 fully saturated rings. The first-order valence-corrected chi connectivity index (χ1v) is 7.40. The molecule has 0 aliphatic carbocycles. The molecule has 5 nitrogen and oxygen atoms in total. The molecular formula is C17H15F2N3O2. The highest BCUT2D eigenvalue weighted by molar-refractivity contribution is 5.92. The van der Waals surface area contributed by atoms with Crippen LogP contribution in [0, 0.1) is 0 Å². The van der Waals surface area contributed by atoms with Crippen molar-refractivity contribution in [3.8, 4) is 5.69 Å². The Morgan fingerprint density at radius 2 is 2.00 bits per heavy atom. The van der Waals surface area contributed by atoms with Gasteiger partial charge in [0.05, 0.1) is 24.7 Å². The first kappa shape index (κ1) is 16.0. The number of carbonyl (C=O) groups is 1. The molecule has 0 spiro atoms. The molecule has 0 saturated heterocycles. The lowest BCUT2D eigenvalue weighted by Crippen LogP contribution is -2.19. The van der Waals surface area contributed by atoms with Gasteiger partial charge >= 0.3 is 5.97 Å². The van der Waals surface area contributed by atoms with Crippen LogP contribution in [0.1, 0.15) is 29.9 Å².